The molecular formula is C11H16N2O5S. The summed E-state index contributed by atoms with van der Waals surface area (Å²) in [7, 11) is -3.94. The van der Waals surface area contributed by atoms with E-state index in [1.54, 1.807) is 6.92 Å². The molecule has 5 N–H and O–H groups in total. The average Bonchev–Trinajstić information content (AvgIpc) is 2.34. The van der Waals surface area contributed by atoms with Gasteiger partial charge < -0.3 is 15.5 Å². The number of aliphatic hydroxyl groups excluding tert-OH is 1. The van der Waals surface area contributed by atoms with E-state index in [-0.39, 0.29) is 28.7 Å². The predicted molar refractivity (Wildman–Crippen MR) is 69.5 cm³/mol. The van der Waals surface area contributed by atoms with Crippen LogP contribution in [0.1, 0.15) is 17.3 Å². The number of anilines is 1. The van der Waals surface area contributed by atoms with Crippen LogP contribution in [0.3, 0.4) is 0 Å². The molecule has 19 heavy (non-hydrogen) atoms. The van der Waals surface area contributed by atoms with Crippen molar-refractivity contribution in [2.24, 2.45) is 11.1 Å². The van der Waals surface area contributed by atoms with Crippen LogP contribution in [0, 0.1) is 5.92 Å². The number of carboxylic acids is 1. The highest BCUT2D eigenvalue weighted by atomic mass is 32.2. The Morgan fingerprint density at radius 1 is 1.47 bits per heavy atom. The molecule has 7 nitrogen and oxygen atoms in total. The molecule has 0 radical (unpaired) electrons. The summed E-state index contributed by atoms with van der Waals surface area (Å²) in [6.07, 6.45) is 0. The summed E-state index contributed by atoms with van der Waals surface area (Å²) in [4.78, 5) is 10.8. The number of aliphatic hydroxyl groups is 1. The van der Waals surface area contributed by atoms with Gasteiger partial charge in [-0.05, 0) is 24.1 Å². The van der Waals surface area contributed by atoms with Gasteiger partial charge in [-0.3, -0.25) is 0 Å². The van der Waals surface area contributed by atoms with Crippen LogP contribution in [0.2, 0.25) is 0 Å². The van der Waals surface area contributed by atoms with E-state index in [1.807, 2.05) is 0 Å². The van der Waals surface area contributed by atoms with Crippen LogP contribution in [-0.4, -0.2) is 37.8 Å². The molecule has 0 aliphatic carbocycles. The molecule has 1 rings (SSSR count). The van der Waals surface area contributed by atoms with Crippen molar-refractivity contribution in [1.29, 1.82) is 0 Å². The van der Waals surface area contributed by atoms with Gasteiger partial charge in [0, 0.05) is 18.8 Å². The lowest BCUT2D eigenvalue weighted by molar-refractivity contribution is 0.0697. The zero-order valence-electron chi connectivity index (χ0n) is 10.3. The minimum absolute atomic E-state index is 0.0370. The summed E-state index contributed by atoms with van der Waals surface area (Å²) in [6.45, 7) is 2.11. The van der Waals surface area contributed by atoms with Crippen molar-refractivity contribution in [2.75, 3.05) is 18.5 Å². The van der Waals surface area contributed by atoms with Gasteiger partial charge in [-0.25, -0.2) is 18.4 Å². The number of primary sulfonamides is 1. The number of hydrogen-bond acceptors (Lipinski definition) is 5. The largest absolute Gasteiger partial charge is 0.478 e. The van der Waals surface area contributed by atoms with E-state index >= 15 is 0 Å². The van der Waals surface area contributed by atoms with Gasteiger partial charge in [0.25, 0.3) is 0 Å². The van der Waals surface area contributed by atoms with Crippen LogP contribution >= 0.6 is 0 Å². The zero-order valence-corrected chi connectivity index (χ0v) is 11.1. The Bertz CT molecular complexity index is 570. The van der Waals surface area contributed by atoms with Crippen molar-refractivity contribution in [2.45, 2.75) is 11.8 Å². The highest BCUT2D eigenvalue weighted by molar-refractivity contribution is 7.89. The Balaban J connectivity index is 3.09. The Morgan fingerprint density at radius 3 is 2.58 bits per heavy atom. The lowest BCUT2D eigenvalue weighted by Gasteiger charge is -2.13. The number of nitrogens with two attached hydrogens (primary N) is 1. The minimum Gasteiger partial charge on any atom is -0.478 e. The number of carbonyl (C=O) groups is 1. The van der Waals surface area contributed by atoms with Crippen molar-refractivity contribution >= 4 is 21.7 Å². The maximum Gasteiger partial charge on any atom is 0.337 e. The summed E-state index contributed by atoms with van der Waals surface area (Å²) < 4.78 is 22.3. The number of nitrogens with one attached hydrogen (secondary N) is 1. The van der Waals surface area contributed by atoms with E-state index in [0.29, 0.717) is 6.54 Å². The van der Waals surface area contributed by atoms with Crippen LogP contribution in [0.15, 0.2) is 23.1 Å². The normalized spacial score (nSPS) is 13.0. The van der Waals surface area contributed by atoms with Crippen molar-refractivity contribution in [1.82, 2.24) is 0 Å². The smallest absolute Gasteiger partial charge is 0.337 e. The lowest BCUT2D eigenvalue weighted by atomic mass is 10.1. The quantitative estimate of drug-likeness (QED) is 0.586. The SMILES string of the molecule is CC(CO)CNc1ccc(S(N)(=O)=O)cc1C(=O)O. The molecule has 106 valence electrons. The lowest BCUT2D eigenvalue weighted by Crippen LogP contribution is -2.17. The Morgan fingerprint density at radius 2 is 2.11 bits per heavy atom. The van der Waals surface area contributed by atoms with Crippen molar-refractivity contribution in [3.05, 3.63) is 23.8 Å². The first-order valence-corrected chi connectivity index (χ1v) is 7.05. The van der Waals surface area contributed by atoms with Gasteiger partial charge in [0.1, 0.15) is 0 Å². The molecule has 0 aliphatic heterocycles. The van der Waals surface area contributed by atoms with Gasteiger partial charge in [-0.2, -0.15) is 0 Å². The minimum atomic E-state index is -3.94. The van der Waals surface area contributed by atoms with Gasteiger partial charge in [0.2, 0.25) is 10.0 Å². The third-order valence-electron chi connectivity index (χ3n) is 2.50. The van der Waals surface area contributed by atoms with Crippen LogP contribution < -0.4 is 10.5 Å². The van der Waals surface area contributed by atoms with Crippen LogP contribution in [-0.2, 0) is 10.0 Å². The van der Waals surface area contributed by atoms with Crippen molar-refractivity contribution < 1.29 is 23.4 Å². The summed E-state index contributed by atoms with van der Waals surface area (Å²) in [5.41, 5.74) is 0.0943. The molecule has 0 saturated carbocycles. The molecule has 1 atom stereocenters. The second-order valence-electron chi connectivity index (χ2n) is 4.23. The van der Waals surface area contributed by atoms with Crippen LogP contribution in [0.25, 0.3) is 0 Å². The predicted octanol–water partition coefficient (Wildman–Crippen LogP) is 0.0725. The number of benzene rings is 1. The van der Waals surface area contributed by atoms with E-state index in [4.69, 9.17) is 15.4 Å². The van der Waals surface area contributed by atoms with Gasteiger partial charge in [-0.1, -0.05) is 6.92 Å². The fourth-order valence-electron chi connectivity index (χ4n) is 1.38. The zero-order chi connectivity index (χ0) is 14.6. The number of sulfonamides is 1. The molecule has 1 aromatic carbocycles. The average molecular weight is 288 g/mol. The molecule has 0 spiro atoms. The summed E-state index contributed by atoms with van der Waals surface area (Å²) in [5.74, 6) is -1.32. The number of rotatable bonds is 6. The van der Waals surface area contributed by atoms with Gasteiger partial charge in [-0.15, -0.1) is 0 Å². The first-order chi connectivity index (χ1) is 8.75. The molecule has 8 heteroatoms. The molecule has 1 aromatic rings. The fraction of sp³-hybridized carbons (Fsp3) is 0.364. The van der Waals surface area contributed by atoms with E-state index in [0.717, 1.165) is 6.07 Å². The molecule has 0 aliphatic rings. The molecule has 0 saturated heterocycles. The second kappa shape index (κ2) is 6.00. The topological polar surface area (TPSA) is 130 Å². The molecular weight excluding hydrogens is 272 g/mol. The molecule has 1 unspecified atom stereocenters. The van der Waals surface area contributed by atoms with Crippen LogP contribution in [0.4, 0.5) is 5.69 Å². The molecule has 0 amide bonds. The summed E-state index contributed by atoms with van der Waals surface area (Å²) >= 11 is 0. The first-order valence-electron chi connectivity index (χ1n) is 5.50. The maximum atomic E-state index is 11.2. The Hall–Kier alpha value is -1.64. The summed E-state index contributed by atoms with van der Waals surface area (Å²) in [6, 6.07) is 3.57. The Labute approximate surface area is 111 Å². The molecule has 0 bridgehead atoms. The monoisotopic (exact) mass is 288 g/mol. The third kappa shape index (κ3) is 4.19. The van der Waals surface area contributed by atoms with Crippen molar-refractivity contribution in [3.63, 3.8) is 0 Å². The van der Waals surface area contributed by atoms with Crippen molar-refractivity contribution in [3.8, 4) is 0 Å². The highest BCUT2D eigenvalue weighted by Crippen LogP contribution is 2.20. The van der Waals surface area contributed by atoms with Gasteiger partial charge in [0.05, 0.1) is 10.5 Å². The number of carboxylic acid groups (broad SMARTS) is 1. The molecule has 0 heterocycles. The molecule has 0 fully saturated rings. The van der Waals surface area contributed by atoms with Gasteiger partial charge >= 0.3 is 5.97 Å². The van der Waals surface area contributed by atoms with E-state index in [1.165, 1.54) is 12.1 Å². The second-order valence-corrected chi connectivity index (χ2v) is 5.79. The third-order valence-corrected chi connectivity index (χ3v) is 3.41. The number of aromatic carboxylic acids is 1. The van der Waals surface area contributed by atoms with E-state index in [2.05, 4.69) is 5.32 Å². The highest BCUT2D eigenvalue weighted by Gasteiger charge is 2.16. The summed E-state index contributed by atoms with van der Waals surface area (Å²) in [5, 5.41) is 25.7. The van der Waals surface area contributed by atoms with E-state index in [9.17, 15) is 13.2 Å². The number of hydrogen-bond donors (Lipinski definition) is 4. The standard InChI is InChI=1S/C11H16N2O5S/c1-7(6-14)5-13-10-3-2-8(19(12,17)18)4-9(10)11(15)16/h2-4,7,13-14H,5-6H2,1H3,(H,15,16)(H2,12,17,18). The van der Waals surface area contributed by atoms with E-state index < -0.39 is 16.0 Å². The first kappa shape index (κ1) is 15.4. The Kier molecular flexibility index (Phi) is 4.87. The molecule has 0 aromatic heterocycles. The fourth-order valence-corrected chi connectivity index (χ4v) is 1.92. The van der Waals surface area contributed by atoms with Crippen LogP contribution in [0.5, 0.6) is 0 Å². The maximum absolute atomic E-state index is 11.2. The van der Waals surface area contributed by atoms with Gasteiger partial charge in [0.15, 0.2) is 0 Å².